The molecule has 1 aliphatic heterocycles. The van der Waals surface area contributed by atoms with Crippen LogP contribution < -0.4 is 9.47 Å². The topological polar surface area (TPSA) is 64.6 Å². The Morgan fingerprint density at radius 3 is 2.43 bits per heavy atom. The largest absolute Gasteiger partial charge is 0.573 e. The first-order chi connectivity index (χ1) is 14.4. The van der Waals surface area contributed by atoms with Crippen molar-refractivity contribution in [3.8, 4) is 22.6 Å². The number of amides is 1. The molecule has 0 radical (unpaired) electrons. The van der Waals surface area contributed by atoms with Crippen LogP contribution in [0, 0.1) is 0 Å². The number of ether oxygens (including phenoxy) is 2. The van der Waals surface area contributed by atoms with Gasteiger partial charge in [0.05, 0.1) is 6.54 Å². The van der Waals surface area contributed by atoms with Gasteiger partial charge in [-0.05, 0) is 41.5 Å². The second-order valence-corrected chi connectivity index (χ2v) is 6.54. The molecule has 0 saturated heterocycles. The number of hydrogen-bond acceptors (Lipinski definition) is 5. The highest BCUT2D eigenvalue weighted by Gasteiger charge is 2.31. The monoisotopic (exact) mass is 415 g/mol. The van der Waals surface area contributed by atoms with Gasteiger partial charge in [-0.15, -0.1) is 13.2 Å². The van der Waals surface area contributed by atoms with Crippen LogP contribution in [0.15, 0.2) is 60.9 Å². The van der Waals surface area contributed by atoms with Gasteiger partial charge in [-0.2, -0.15) is 0 Å². The molecule has 0 spiro atoms. The molecule has 1 amide bonds. The van der Waals surface area contributed by atoms with Crippen LogP contribution in [0.25, 0.3) is 11.1 Å². The van der Waals surface area contributed by atoms with Crippen molar-refractivity contribution in [2.24, 2.45) is 0 Å². The minimum atomic E-state index is -4.73. The van der Waals surface area contributed by atoms with E-state index < -0.39 is 6.36 Å². The predicted molar refractivity (Wildman–Crippen MR) is 101 cm³/mol. The fraction of sp³-hybridized carbons (Fsp3) is 0.190. The van der Waals surface area contributed by atoms with Gasteiger partial charge in [0.25, 0.3) is 5.91 Å². The lowest BCUT2D eigenvalue weighted by Gasteiger charge is -2.19. The van der Waals surface area contributed by atoms with Gasteiger partial charge >= 0.3 is 6.36 Å². The molecular weight excluding hydrogens is 399 g/mol. The highest BCUT2D eigenvalue weighted by atomic mass is 19.4. The maximum absolute atomic E-state index is 12.7. The van der Waals surface area contributed by atoms with Crippen LogP contribution in [0.2, 0.25) is 0 Å². The first-order valence-corrected chi connectivity index (χ1v) is 9.07. The Morgan fingerprint density at radius 2 is 1.73 bits per heavy atom. The van der Waals surface area contributed by atoms with E-state index in [4.69, 9.17) is 4.74 Å². The van der Waals surface area contributed by atoms with Crippen LogP contribution in [0.5, 0.6) is 11.5 Å². The molecule has 2 heterocycles. The number of carbonyl (C=O) groups is 1. The average molecular weight is 415 g/mol. The molecule has 0 aliphatic carbocycles. The summed E-state index contributed by atoms with van der Waals surface area (Å²) in [6.45, 7) is 1.01. The molecule has 0 atom stereocenters. The maximum atomic E-state index is 12.7. The molecule has 0 fully saturated rings. The number of rotatable bonds is 3. The van der Waals surface area contributed by atoms with Crippen molar-refractivity contribution in [1.82, 2.24) is 14.9 Å². The van der Waals surface area contributed by atoms with E-state index in [-0.39, 0.29) is 17.5 Å². The Morgan fingerprint density at radius 1 is 1.03 bits per heavy atom. The van der Waals surface area contributed by atoms with Crippen LogP contribution in [-0.2, 0) is 6.54 Å². The van der Waals surface area contributed by atoms with E-state index in [2.05, 4.69) is 14.7 Å². The fourth-order valence-electron chi connectivity index (χ4n) is 3.15. The van der Waals surface area contributed by atoms with Crippen LogP contribution in [-0.4, -0.2) is 40.3 Å². The molecule has 30 heavy (non-hydrogen) atoms. The van der Waals surface area contributed by atoms with E-state index in [0.29, 0.717) is 31.0 Å². The zero-order chi connectivity index (χ0) is 21.1. The second-order valence-electron chi connectivity index (χ2n) is 6.54. The summed E-state index contributed by atoms with van der Waals surface area (Å²) in [5.74, 6) is 0.174. The van der Waals surface area contributed by atoms with Gasteiger partial charge in [0.1, 0.15) is 18.1 Å². The number of fused-ring (bicyclic) bond motifs is 1. The summed E-state index contributed by atoms with van der Waals surface area (Å²) in [6.07, 6.45) is -1.72. The summed E-state index contributed by atoms with van der Waals surface area (Å²) in [6, 6.07) is 12.7. The third-order valence-corrected chi connectivity index (χ3v) is 4.51. The van der Waals surface area contributed by atoms with E-state index in [0.717, 1.165) is 11.1 Å². The maximum Gasteiger partial charge on any atom is 0.573 e. The Kier molecular flexibility index (Phi) is 5.26. The van der Waals surface area contributed by atoms with Crippen molar-refractivity contribution in [3.05, 3.63) is 72.3 Å². The van der Waals surface area contributed by atoms with E-state index in [1.54, 1.807) is 29.2 Å². The van der Waals surface area contributed by atoms with Crippen molar-refractivity contribution in [1.29, 1.82) is 0 Å². The van der Waals surface area contributed by atoms with Crippen LogP contribution in [0.1, 0.15) is 16.2 Å². The summed E-state index contributed by atoms with van der Waals surface area (Å²) in [4.78, 5) is 22.3. The van der Waals surface area contributed by atoms with E-state index in [1.807, 2.05) is 12.1 Å². The minimum absolute atomic E-state index is 0.109. The Bertz CT molecular complexity index is 1040. The number of carbonyl (C=O) groups excluding carboxylic acids is 1. The lowest BCUT2D eigenvalue weighted by Crippen LogP contribution is -2.33. The van der Waals surface area contributed by atoms with Gasteiger partial charge in [0.15, 0.2) is 0 Å². The third kappa shape index (κ3) is 4.51. The summed E-state index contributed by atoms with van der Waals surface area (Å²) in [5, 5.41) is 0. The highest BCUT2D eigenvalue weighted by Crippen LogP contribution is 2.31. The molecule has 1 aliphatic rings. The first kappa shape index (κ1) is 19.7. The van der Waals surface area contributed by atoms with Gasteiger partial charge in [0, 0.05) is 24.5 Å². The molecule has 2 aromatic carbocycles. The lowest BCUT2D eigenvalue weighted by atomic mass is 10.0. The van der Waals surface area contributed by atoms with Gasteiger partial charge in [-0.1, -0.05) is 18.2 Å². The van der Waals surface area contributed by atoms with Crippen molar-refractivity contribution < 1.29 is 27.4 Å². The number of alkyl halides is 3. The zero-order valence-electron chi connectivity index (χ0n) is 15.6. The van der Waals surface area contributed by atoms with Gasteiger partial charge < -0.3 is 14.4 Å². The number of aromatic nitrogens is 2. The van der Waals surface area contributed by atoms with E-state index in [9.17, 15) is 18.0 Å². The SMILES string of the molecule is O=C(c1ncccn1)N1CCOc2ccc(-c3ccc(OC(F)(F)F)cc3)cc2C1. The van der Waals surface area contributed by atoms with Gasteiger partial charge in [-0.3, -0.25) is 4.79 Å². The molecule has 0 N–H and O–H groups in total. The third-order valence-electron chi connectivity index (χ3n) is 4.51. The van der Waals surface area contributed by atoms with Crippen molar-refractivity contribution in [2.45, 2.75) is 12.9 Å². The standard InChI is InChI=1S/C21H16F3N3O3/c22-21(23,24)30-17-5-2-14(3-6-17)15-4-7-18-16(12-15)13-27(10-11-29-18)20(28)19-25-8-1-9-26-19/h1-9,12H,10-11,13H2. The molecular formula is C21H16F3N3O3. The molecule has 3 aromatic rings. The molecule has 9 heteroatoms. The normalized spacial score (nSPS) is 13.8. The van der Waals surface area contributed by atoms with E-state index >= 15 is 0 Å². The van der Waals surface area contributed by atoms with Crippen LogP contribution >= 0.6 is 0 Å². The fourth-order valence-corrected chi connectivity index (χ4v) is 3.15. The molecule has 6 nitrogen and oxygen atoms in total. The van der Waals surface area contributed by atoms with Gasteiger partial charge in [0.2, 0.25) is 5.82 Å². The number of nitrogens with zero attached hydrogens (tertiary/aromatic N) is 3. The van der Waals surface area contributed by atoms with Crippen molar-refractivity contribution in [2.75, 3.05) is 13.2 Å². The predicted octanol–water partition coefficient (Wildman–Crippen LogP) is 4.08. The second kappa shape index (κ2) is 8.02. The summed E-state index contributed by atoms with van der Waals surface area (Å²) in [7, 11) is 0. The Labute approximate surface area is 169 Å². The summed E-state index contributed by atoms with van der Waals surface area (Å²) < 4.78 is 46.7. The van der Waals surface area contributed by atoms with E-state index in [1.165, 1.54) is 24.5 Å². The number of hydrogen-bond donors (Lipinski definition) is 0. The molecule has 0 unspecified atom stereocenters. The Hall–Kier alpha value is -3.62. The first-order valence-electron chi connectivity index (χ1n) is 9.07. The molecule has 0 saturated carbocycles. The molecule has 1 aromatic heterocycles. The Balaban J connectivity index is 1.57. The lowest BCUT2D eigenvalue weighted by molar-refractivity contribution is -0.274. The number of benzene rings is 2. The zero-order valence-corrected chi connectivity index (χ0v) is 15.6. The summed E-state index contributed by atoms with van der Waals surface area (Å²) >= 11 is 0. The average Bonchev–Trinajstić information content (AvgIpc) is 2.95. The van der Waals surface area contributed by atoms with Crippen molar-refractivity contribution in [3.63, 3.8) is 0 Å². The molecule has 4 rings (SSSR count). The van der Waals surface area contributed by atoms with Gasteiger partial charge in [-0.25, -0.2) is 9.97 Å². The quantitative estimate of drug-likeness (QED) is 0.645. The van der Waals surface area contributed by atoms with Crippen LogP contribution in [0.4, 0.5) is 13.2 Å². The summed E-state index contributed by atoms with van der Waals surface area (Å²) in [5.41, 5.74) is 2.27. The number of halogens is 3. The highest BCUT2D eigenvalue weighted by molar-refractivity contribution is 5.90. The van der Waals surface area contributed by atoms with Crippen LogP contribution in [0.3, 0.4) is 0 Å². The van der Waals surface area contributed by atoms with Crippen molar-refractivity contribution >= 4 is 5.91 Å². The minimum Gasteiger partial charge on any atom is -0.491 e. The molecule has 0 bridgehead atoms. The smallest absolute Gasteiger partial charge is 0.491 e. The molecule has 154 valence electrons.